The second-order valence-corrected chi connectivity index (χ2v) is 7.32. The van der Waals surface area contributed by atoms with Gasteiger partial charge in [0.15, 0.2) is 0 Å². The minimum Gasteiger partial charge on any atom is -0.747 e. The first-order chi connectivity index (χ1) is 9.48. The molecule has 6 heteroatoms. The van der Waals surface area contributed by atoms with Crippen molar-refractivity contribution in [2.75, 3.05) is 6.54 Å². The van der Waals surface area contributed by atoms with Gasteiger partial charge in [-0.15, -0.1) is 0 Å². The molecule has 0 rings (SSSR count). The first-order valence-electron chi connectivity index (χ1n) is 8.16. The van der Waals surface area contributed by atoms with Gasteiger partial charge in [-0.2, -0.15) is 0 Å². The van der Waals surface area contributed by atoms with Crippen LogP contribution in [0.3, 0.4) is 0 Å². The SMILES string of the molecule is CCCCCCCCCCCCCNC(C)S(=O)(=O)[O-].[Na+]. The first-order valence-corrected chi connectivity index (χ1v) is 9.63. The summed E-state index contributed by atoms with van der Waals surface area (Å²) in [5, 5.41) is 1.79. The molecule has 1 atom stereocenters. The normalized spacial score (nSPS) is 12.9. The number of rotatable bonds is 14. The Hall–Kier alpha value is 0.870. The van der Waals surface area contributed by atoms with Crippen molar-refractivity contribution in [3.8, 4) is 0 Å². The molecular formula is C15H32NNaO3S. The molecule has 0 fully saturated rings. The van der Waals surface area contributed by atoms with Crippen molar-refractivity contribution in [1.29, 1.82) is 0 Å². The molecule has 4 nitrogen and oxygen atoms in total. The smallest absolute Gasteiger partial charge is 0.747 e. The molecule has 0 radical (unpaired) electrons. The zero-order chi connectivity index (χ0) is 15.3. The van der Waals surface area contributed by atoms with E-state index in [9.17, 15) is 13.0 Å². The minimum absolute atomic E-state index is 0. The van der Waals surface area contributed by atoms with Crippen LogP contribution in [0.1, 0.15) is 84.5 Å². The van der Waals surface area contributed by atoms with Crippen molar-refractivity contribution in [2.45, 2.75) is 89.9 Å². The van der Waals surface area contributed by atoms with Gasteiger partial charge in [0.1, 0.15) is 10.1 Å². The number of hydrogen-bond donors (Lipinski definition) is 1. The Morgan fingerprint density at radius 3 is 1.62 bits per heavy atom. The van der Waals surface area contributed by atoms with E-state index >= 15 is 0 Å². The standard InChI is InChI=1S/C15H33NO3S.Na/c1-3-4-5-6-7-8-9-10-11-12-13-14-16-15(2)20(17,18)19;/h15-16H,3-14H2,1-2H3,(H,17,18,19);/q;+1/p-1. The van der Waals surface area contributed by atoms with Crippen molar-refractivity contribution in [1.82, 2.24) is 5.32 Å². The Morgan fingerprint density at radius 2 is 1.24 bits per heavy atom. The van der Waals surface area contributed by atoms with Gasteiger partial charge in [-0.05, 0) is 19.9 Å². The van der Waals surface area contributed by atoms with Crippen LogP contribution >= 0.6 is 0 Å². The Labute approximate surface area is 153 Å². The molecule has 21 heavy (non-hydrogen) atoms. The van der Waals surface area contributed by atoms with E-state index in [0.29, 0.717) is 6.54 Å². The maximum Gasteiger partial charge on any atom is 1.00 e. The van der Waals surface area contributed by atoms with E-state index in [2.05, 4.69) is 12.2 Å². The third-order valence-corrected chi connectivity index (χ3v) is 4.68. The quantitative estimate of drug-likeness (QED) is 0.290. The average Bonchev–Trinajstić information content (AvgIpc) is 2.38. The fourth-order valence-electron chi connectivity index (χ4n) is 2.20. The summed E-state index contributed by atoms with van der Waals surface area (Å²) < 4.78 is 31.9. The molecule has 0 aromatic carbocycles. The average molecular weight is 329 g/mol. The van der Waals surface area contributed by atoms with Gasteiger partial charge < -0.3 is 9.87 Å². The Kier molecular flexibility index (Phi) is 18.1. The fourth-order valence-corrected chi connectivity index (χ4v) is 2.52. The zero-order valence-corrected chi connectivity index (χ0v) is 17.0. The van der Waals surface area contributed by atoms with Crippen molar-refractivity contribution < 1.29 is 42.5 Å². The second-order valence-electron chi connectivity index (χ2n) is 5.62. The van der Waals surface area contributed by atoms with Gasteiger partial charge in [-0.25, -0.2) is 8.42 Å². The molecule has 0 amide bonds. The molecule has 1 N–H and O–H groups in total. The fraction of sp³-hybridized carbons (Fsp3) is 1.00. The summed E-state index contributed by atoms with van der Waals surface area (Å²) in [7, 11) is -4.18. The molecule has 0 aromatic heterocycles. The van der Waals surface area contributed by atoms with Gasteiger partial charge in [0.25, 0.3) is 0 Å². The van der Waals surface area contributed by atoms with Crippen LogP contribution in [0, 0.1) is 0 Å². The van der Waals surface area contributed by atoms with Crippen LogP contribution in [0.4, 0.5) is 0 Å². The van der Waals surface area contributed by atoms with E-state index < -0.39 is 15.5 Å². The third-order valence-electron chi connectivity index (χ3n) is 3.65. The summed E-state index contributed by atoms with van der Waals surface area (Å²) in [5.41, 5.74) is 0. The minimum atomic E-state index is -4.18. The van der Waals surface area contributed by atoms with Crippen LogP contribution in [0.15, 0.2) is 0 Å². The second kappa shape index (κ2) is 15.8. The summed E-state index contributed by atoms with van der Waals surface area (Å²) >= 11 is 0. The summed E-state index contributed by atoms with van der Waals surface area (Å²) in [6.07, 6.45) is 14.0. The molecule has 0 saturated heterocycles. The number of unbranched alkanes of at least 4 members (excludes halogenated alkanes) is 10. The molecule has 1 unspecified atom stereocenters. The van der Waals surface area contributed by atoms with E-state index in [1.54, 1.807) is 0 Å². The molecule has 0 bridgehead atoms. The van der Waals surface area contributed by atoms with Crippen LogP contribution < -0.4 is 34.9 Å². The molecule has 0 aromatic rings. The van der Waals surface area contributed by atoms with E-state index in [1.165, 1.54) is 64.7 Å². The largest absolute Gasteiger partial charge is 1.00 e. The molecule has 0 heterocycles. The predicted octanol–water partition coefficient (Wildman–Crippen LogP) is 0.782. The van der Waals surface area contributed by atoms with E-state index in [-0.39, 0.29) is 29.6 Å². The van der Waals surface area contributed by atoms with Crippen molar-refractivity contribution in [3.05, 3.63) is 0 Å². The number of hydrogen-bond acceptors (Lipinski definition) is 4. The summed E-state index contributed by atoms with van der Waals surface area (Å²) in [5.74, 6) is 0. The first kappa shape index (κ1) is 24.1. The molecule has 0 aliphatic carbocycles. The molecular weight excluding hydrogens is 297 g/mol. The van der Waals surface area contributed by atoms with Gasteiger partial charge in [0.05, 0.1) is 5.37 Å². The predicted molar refractivity (Wildman–Crippen MR) is 83.6 cm³/mol. The van der Waals surface area contributed by atoms with Crippen LogP contribution in [-0.4, -0.2) is 24.9 Å². The third kappa shape index (κ3) is 17.1. The summed E-state index contributed by atoms with van der Waals surface area (Å²) in [6.45, 7) is 4.25. The van der Waals surface area contributed by atoms with Gasteiger partial charge >= 0.3 is 29.6 Å². The van der Waals surface area contributed by atoms with Crippen LogP contribution in [0.25, 0.3) is 0 Å². The molecule has 0 aliphatic rings. The van der Waals surface area contributed by atoms with Gasteiger partial charge in [-0.3, -0.25) is 0 Å². The van der Waals surface area contributed by atoms with E-state index in [0.717, 1.165) is 12.8 Å². The summed E-state index contributed by atoms with van der Waals surface area (Å²) in [6, 6.07) is 0. The molecule has 0 aliphatic heterocycles. The Balaban J connectivity index is 0. The van der Waals surface area contributed by atoms with Crippen LogP contribution in [-0.2, 0) is 10.1 Å². The molecule has 122 valence electrons. The van der Waals surface area contributed by atoms with Crippen molar-refractivity contribution in [3.63, 3.8) is 0 Å². The zero-order valence-electron chi connectivity index (χ0n) is 14.2. The maximum absolute atomic E-state index is 10.6. The van der Waals surface area contributed by atoms with Crippen LogP contribution in [0.2, 0.25) is 0 Å². The van der Waals surface area contributed by atoms with Gasteiger partial charge in [0.2, 0.25) is 0 Å². The molecule has 0 saturated carbocycles. The van der Waals surface area contributed by atoms with E-state index in [4.69, 9.17) is 0 Å². The molecule has 0 spiro atoms. The van der Waals surface area contributed by atoms with Gasteiger partial charge in [0, 0.05) is 0 Å². The van der Waals surface area contributed by atoms with E-state index in [1.807, 2.05) is 0 Å². The van der Waals surface area contributed by atoms with Crippen molar-refractivity contribution >= 4 is 10.1 Å². The maximum atomic E-state index is 10.6. The topological polar surface area (TPSA) is 69.2 Å². The Bertz CT molecular complexity index is 310. The Morgan fingerprint density at radius 1 is 0.857 bits per heavy atom. The monoisotopic (exact) mass is 329 g/mol. The van der Waals surface area contributed by atoms with Crippen molar-refractivity contribution in [2.24, 2.45) is 0 Å². The summed E-state index contributed by atoms with van der Waals surface area (Å²) in [4.78, 5) is 0. The number of nitrogens with one attached hydrogen (secondary N) is 1. The van der Waals surface area contributed by atoms with Gasteiger partial charge in [-0.1, -0.05) is 71.1 Å². The van der Waals surface area contributed by atoms with Crippen LogP contribution in [0.5, 0.6) is 0 Å².